The highest BCUT2D eigenvalue weighted by Crippen LogP contribution is 2.22. The highest BCUT2D eigenvalue weighted by atomic mass is 19.4. The SMILES string of the molecule is CCCCNC(CC)CCC(F)(F)F. The molecule has 1 nitrogen and oxygen atoms in total. The predicted octanol–water partition coefficient (Wildman–Crippen LogP) is 3.50. The second kappa shape index (κ2) is 7.10. The standard InChI is InChI=1S/C10H20F3N/c1-3-5-8-14-9(4-2)6-7-10(11,12)13/h9,14H,3-8H2,1-2H3. The molecular weight excluding hydrogens is 191 g/mol. The van der Waals surface area contributed by atoms with E-state index < -0.39 is 12.6 Å². The highest BCUT2D eigenvalue weighted by molar-refractivity contribution is 4.66. The molecule has 1 N–H and O–H groups in total. The van der Waals surface area contributed by atoms with Gasteiger partial charge in [-0.1, -0.05) is 20.3 Å². The molecule has 0 aliphatic heterocycles. The number of alkyl halides is 3. The third kappa shape index (κ3) is 8.35. The number of hydrogen-bond acceptors (Lipinski definition) is 1. The Morgan fingerprint density at radius 2 is 1.86 bits per heavy atom. The predicted molar refractivity (Wildman–Crippen MR) is 52.3 cm³/mol. The minimum atomic E-state index is -4.01. The Morgan fingerprint density at radius 3 is 2.29 bits per heavy atom. The zero-order valence-electron chi connectivity index (χ0n) is 8.95. The molecule has 0 heterocycles. The van der Waals surface area contributed by atoms with E-state index in [0.29, 0.717) is 0 Å². The van der Waals surface area contributed by atoms with E-state index in [1.807, 2.05) is 6.92 Å². The van der Waals surface area contributed by atoms with Crippen molar-refractivity contribution in [1.29, 1.82) is 0 Å². The number of hydrogen-bond donors (Lipinski definition) is 1. The fourth-order valence-corrected chi connectivity index (χ4v) is 1.27. The molecule has 14 heavy (non-hydrogen) atoms. The Hall–Kier alpha value is -0.250. The van der Waals surface area contributed by atoms with Crippen LogP contribution in [0.15, 0.2) is 0 Å². The van der Waals surface area contributed by atoms with Crippen LogP contribution >= 0.6 is 0 Å². The van der Waals surface area contributed by atoms with Gasteiger partial charge in [0.05, 0.1) is 0 Å². The van der Waals surface area contributed by atoms with E-state index in [4.69, 9.17) is 0 Å². The van der Waals surface area contributed by atoms with Crippen molar-refractivity contribution in [3.05, 3.63) is 0 Å². The van der Waals surface area contributed by atoms with Crippen LogP contribution in [-0.4, -0.2) is 18.8 Å². The van der Waals surface area contributed by atoms with Crippen LogP contribution < -0.4 is 5.32 Å². The van der Waals surface area contributed by atoms with Crippen molar-refractivity contribution < 1.29 is 13.2 Å². The average Bonchev–Trinajstić information content (AvgIpc) is 2.09. The second-order valence-electron chi connectivity index (χ2n) is 3.57. The van der Waals surface area contributed by atoms with Crippen LogP contribution in [0.4, 0.5) is 13.2 Å². The summed E-state index contributed by atoms with van der Waals surface area (Å²) in [4.78, 5) is 0. The third-order valence-electron chi connectivity index (χ3n) is 2.23. The molecule has 0 aromatic rings. The molecule has 4 heteroatoms. The molecule has 0 rings (SSSR count). The summed E-state index contributed by atoms with van der Waals surface area (Å²) in [5.74, 6) is 0. The maximum atomic E-state index is 11.9. The molecule has 0 aromatic carbocycles. The van der Waals surface area contributed by atoms with Gasteiger partial charge in [-0.15, -0.1) is 0 Å². The van der Waals surface area contributed by atoms with Crippen LogP contribution in [0, 0.1) is 0 Å². The molecule has 0 aromatic heterocycles. The Labute approximate surface area is 84.1 Å². The monoisotopic (exact) mass is 211 g/mol. The first kappa shape index (κ1) is 13.8. The van der Waals surface area contributed by atoms with Crippen LogP contribution in [0.5, 0.6) is 0 Å². The largest absolute Gasteiger partial charge is 0.389 e. The molecule has 0 radical (unpaired) electrons. The van der Waals surface area contributed by atoms with E-state index in [-0.39, 0.29) is 12.5 Å². The van der Waals surface area contributed by atoms with Gasteiger partial charge in [-0.3, -0.25) is 0 Å². The number of rotatable bonds is 7. The van der Waals surface area contributed by atoms with Gasteiger partial charge < -0.3 is 5.32 Å². The summed E-state index contributed by atoms with van der Waals surface area (Å²) in [6.07, 6.45) is -1.63. The lowest BCUT2D eigenvalue weighted by Gasteiger charge is -2.17. The molecule has 0 bridgehead atoms. The van der Waals surface area contributed by atoms with Crippen LogP contribution in [0.1, 0.15) is 46.0 Å². The fourth-order valence-electron chi connectivity index (χ4n) is 1.27. The van der Waals surface area contributed by atoms with E-state index in [9.17, 15) is 13.2 Å². The molecule has 0 amide bonds. The van der Waals surface area contributed by atoms with Gasteiger partial charge in [0, 0.05) is 12.5 Å². The Bertz CT molecular complexity index is 134. The molecule has 0 spiro atoms. The smallest absolute Gasteiger partial charge is 0.314 e. The summed E-state index contributed by atoms with van der Waals surface area (Å²) in [5, 5.41) is 3.14. The lowest BCUT2D eigenvalue weighted by molar-refractivity contribution is -0.136. The first-order valence-corrected chi connectivity index (χ1v) is 5.29. The molecule has 0 saturated heterocycles. The Balaban J connectivity index is 3.58. The number of halogens is 3. The van der Waals surface area contributed by atoms with E-state index in [2.05, 4.69) is 12.2 Å². The summed E-state index contributed by atoms with van der Waals surface area (Å²) in [5.41, 5.74) is 0. The number of nitrogens with one attached hydrogen (secondary N) is 1. The molecule has 0 aliphatic rings. The van der Waals surface area contributed by atoms with Gasteiger partial charge in [-0.05, 0) is 25.8 Å². The minimum absolute atomic E-state index is 0.0168. The van der Waals surface area contributed by atoms with Gasteiger partial charge in [-0.25, -0.2) is 0 Å². The molecule has 86 valence electrons. The van der Waals surface area contributed by atoms with Gasteiger partial charge in [0.15, 0.2) is 0 Å². The zero-order valence-corrected chi connectivity index (χ0v) is 8.95. The minimum Gasteiger partial charge on any atom is -0.314 e. The van der Waals surface area contributed by atoms with Gasteiger partial charge in [0.25, 0.3) is 0 Å². The van der Waals surface area contributed by atoms with Gasteiger partial charge >= 0.3 is 6.18 Å². The first-order valence-electron chi connectivity index (χ1n) is 5.29. The lowest BCUT2D eigenvalue weighted by atomic mass is 10.1. The summed E-state index contributed by atoms with van der Waals surface area (Å²) in [7, 11) is 0. The van der Waals surface area contributed by atoms with E-state index in [1.165, 1.54) is 0 Å². The van der Waals surface area contributed by atoms with Gasteiger partial charge in [-0.2, -0.15) is 13.2 Å². The summed E-state index contributed by atoms with van der Waals surface area (Å²) in [6, 6.07) is 0.0168. The Morgan fingerprint density at radius 1 is 1.21 bits per heavy atom. The third-order valence-corrected chi connectivity index (χ3v) is 2.23. The normalized spacial score (nSPS) is 14.4. The second-order valence-corrected chi connectivity index (χ2v) is 3.57. The lowest BCUT2D eigenvalue weighted by Crippen LogP contribution is -2.30. The van der Waals surface area contributed by atoms with Crippen LogP contribution in [0.25, 0.3) is 0 Å². The van der Waals surface area contributed by atoms with Crippen molar-refractivity contribution in [2.75, 3.05) is 6.54 Å². The van der Waals surface area contributed by atoms with E-state index >= 15 is 0 Å². The zero-order chi connectivity index (χ0) is 11.0. The number of unbranched alkanes of at least 4 members (excludes halogenated alkanes) is 1. The van der Waals surface area contributed by atoms with Crippen LogP contribution in [0.3, 0.4) is 0 Å². The molecule has 0 saturated carbocycles. The molecular formula is C10H20F3N. The molecule has 1 unspecified atom stereocenters. The average molecular weight is 211 g/mol. The summed E-state index contributed by atoms with van der Waals surface area (Å²) < 4.78 is 35.7. The van der Waals surface area contributed by atoms with Crippen molar-refractivity contribution in [1.82, 2.24) is 5.32 Å². The quantitative estimate of drug-likeness (QED) is 0.635. The van der Waals surface area contributed by atoms with E-state index in [0.717, 1.165) is 25.8 Å². The molecule has 0 aliphatic carbocycles. The van der Waals surface area contributed by atoms with Gasteiger partial charge in [0.2, 0.25) is 0 Å². The van der Waals surface area contributed by atoms with E-state index in [1.54, 1.807) is 0 Å². The summed E-state index contributed by atoms with van der Waals surface area (Å²) >= 11 is 0. The van der Waals surface area contributed by atoms with Crippen molar-refractivity contribution in [3.63, 3.8) is 0 Å². The fraction of sp³-hybridized carbons (Fsp3) is 1.00. The van der Waals surface area contributed by atoms with Crippen LogP contribution in [-0.2, 0) is 0 Å². The Kier molecular flexibility index (Phi) is 6.97. The van der Waals surface area contributed by atoms with Crippen molar-refractivity contribution in [2.45, 2.75) is 58.2 Å². The highest BCUT2D eigenvalue weighted by Gasteiger charge is 2.27. The molecule has 0 fully saturated rings. The molecule has 1 atom stereocenters. The maximum absolute atomic E-state index is 11.9. The first-order chi connectivity index (χ1) is 6.49. The van der Waals surface area contributed by atoms with Crippen molar-refractivity contribution in [3.8, 4) is 0 Å². The van der Waals surface area contributed by atoms with Crippen molar-refractivity contribution in [2.24, 2.45) is 0 Å². The maximum Gasteiger partial charge on any atom is 0.389 e. The summed E-state index contributed by atoms with van der Waals surface area (Å²) in [6.45, 7) is 4.81. The van der Waals surface area contributed by atoms with Gasteiger partial charge in [0.1, 0.15) is 0 Å². The van der Waals surface area contributed by atoms with Crippen molar-refractivity contribution >= 4 is 0 Å². The van der Waals surface area contributed by atoms with Crippen LogP contribution in [0.2, 0.25) is 0 Å². The topological polar surface area (TPSA) is 12.0 Å².